The summed E-state index contributed by atoms with van der Waals surface area (Å²) in [6, 6.07) is 5.91. The Kier molecular flexibility index (Phi) is 5.85. The fraction of sp³-hybridized carbons (Fsp3) is 0.316. The molecule has 0 aliphatic carbocycles. The average Bonchev–Trinajstić information content (AvgIpc) is 3.11. The third-order valence-corrected chi connectivity index (χ3v) is 5.29. The number of aromatic nitrogens is 2. The molecule has 2 amide bonds. The Labute approximate surface area is 162 Å². The molecular formula is C19H22N4O3S. The second-order valence-electron chi connectivity index (χ2n) is 6.12. The summed E-state index contributed by atoms with van der Waals surface area (Å²) in [5, 5.41) is 6.10. The van der Waals surface area contributed by atoms with Crippen molar-refractivity contribution in [3.8, 4) is 5.69 Å². The number of rotatable bonds is 6. The number of imidazole rings is 1. The van der Waals surface area contributed by atoms with Crippen LogP contribution >= 0.6 is 11.8 Å². The van der Waals surface area contributed by atoms with E-state index in [9.17, 15) is 9.59 Å². The fourth-order valence-corrected chi connectivity index (χ4v) is 3.63. The summed E-state index contributed by atoms with van der Waals surface area (Å²) in [6.45, 7) is 6.34. The van der Waals surface area contributed by atoms with Gasteiger partial charge in [0.2, 0.25) is 0 Å². The van der Waals surface area contributed by atoms with Crippen molar-refractivity contribution in [2.45, 2.75) is 25.9 Å². The molecule has 1 aromatic carbocycles. The molecule has 8 heteroatoms. The van der Waals surface area contributed by atoms with Crippen LogP contribution in [0.5, 0.6) is 0 Å². The molecule has 3 rings (SSSR count). The van der Waals surface area contributed by atoms with E-state index in [2.05, 4.69) is 41.6 Å². The maximum atomic E-state index is 12.1. The number of nitrogens with one attached hydrogen (secondary N) is 2. The van der Waals surface area contributed by atoms with Gasteiger partial charge in [-0.05, 0) is 44.0 Å². The van der Waals surface area contributed by atoms with E-state index in [1.165, 1.54) is 22.9 Å². The Balaban J connectivity index is 1.81. The number of urea groups is 1. The molecule has 0 fully saturated rings. The van der Waals surface area contributed by atoms with Gasteiger partial charge in [-0.15, -0.1) is 0 Å². The Morgan fingerprint density at radius 1 is 1.33 bits per heavy atom. The first-order valence-electron chi connectivity index (χ1n) is 8.67. The SMILES string of the molecule is CCOC(=O)C1=C(CSc2nccn2-c2ccc(C)c(C)c2)NC(=O)NC1. The zero-order valence-corrected chi connectivity index (χ0v) is 16.4. The van der Waals surface area contributed by atoms with Crippen molar-refractivity contribution in [3.63, 3.8) is 0 Å². The van der Waals surface area contributed by atoms with E-state index in [4.69, 9.17) is 4.74 Å². The summed E-state index contributed by atoms with van der Waals surface area (Å²) in [4.78, 5) is 28.2. The molecule has 27 heavy (non-hydrogen) atoms. The van der Waals surface area contributed by atoms with Crippen LogP contribution in [0.2, 0.25) is 0 Å². The van der Waals surface area contributed by atoms with Crippen LogP contribution in [-0.4, -0.2) is 40.5 Å². The van der Waals surface area contributed by atoms with Gasteiger partial charge in [0.1, 0.15) is 0 Å². The van der Waals surface area contributed by atoms with E-state index in [0.717, 1.165) is 10.8 Å². The average molecular weight is 386 g/mol. The van der Waals surface area contributed by atoms with Crippen molar-refractivity contribution < 1.29 is 14.3 Å². The van der Waals surface area contributed by atoms with Crippen LogP contribution in [0.3, 0.4) is 0 Å². The summed E-state index contributed by atoms with van der Waals surface area (Å²) >= 11 is 1.45. The molecule has 2 N–H and O–H groups in total. The second-order valence-corrected chi connectivity index (χ2v) is 7.06. The summed E-state index contributed by atoms with van der Waals surface area (Å²) in [5.41, 5.74) is 4.45. The zero-order valence-electron chi connectivity index (χ0n) is 15.5. The minimum Gasteiger partial charge on any atom is -0.463 e. The van der Waals surface area contributed by atoms with Crippen molar-refractivity contribution in [1.29, 1.82) is 0 Å². The molecule has 2 heterocycles. The number of hydrogen-bond acceptors (Lipinski definition) is 5. The topological polar surface area (TPSA) is 85.2 Å². The number of ether oxygens (including phenoxy) is 1. The minimum absolute atomic E-state index is 0.159. The first-order valence-corrected chi connectivity index (χ1v) is 9.66. The van der Waals surface area contributed by atoms with E-state index in [1.54, 1.807) is 13.1 Å². The summed E-state index contributed by atoms with van der Waals surface area (Å²) in [7, 11) is 0. The smallest absolute Gasteiger partial charge is 0.337 e. The van der Waals surface area contributed by atoms with Crippen molar-refractivity contribution in [2.24, 2.45) is 0 Å². The van der Waals surface area contributed by atoms with Crippen LogP contribution < -0.4 is 10.6 Å². The van der Waals surface area contributed by atoms with Gasteiger partial charge in [0.25, 0.3) is 0 Å². The fourth-order valence-electron chi connectivity index (χ4n) is 2.67. The lowest BCUT2D eigenvalue weighted by atomic mass is 10.1. The summed E-state index contributed by atoms with van der Waals surface area (Å²) < 4.78 is 7.07. The third kappa shape index (κ3) is 4.33. The number of carbonyl (C=O) groups is 2. The van der Waals surface area contributed by atoms with Gasteiger partial charge in [-0.25, -0.2) is 14.6 Å². The van der Waals surface area contributed by atoms with Crippen molar-refractivity contribution >= 4 is 23.8 Å². The lowest BCUT2D eigenvalue weighted by molar-refractivity contribution is -0.138. The number of aryl methyl sites for hydroxylation is 2. The van der Waals surface area contributed by atoms with Crippen LogP contribution in [0, 0.1) is 13.8 Å². The molecule has 0 saturated carbocycles. The molecule has 0 radical (unpaired) electrons. The van der Waals surface area contributed by atoms with Gasteiger partial charge >= 0.3 is 12.0 Å². The van der Waals surface area contributed by atoms with Gasteiger partial charge in [-0.2, -0.15) is 0 Å². The predicted molar refractivity (Wildman–Crippen MR) is 104 cm³/mol. The molecule has 2 aromatic rings. The Morgan fingerprint density at radius 2 is 2.15 bits per heavy atom. The standard InChI is InChI=1S/C19H22N4O3S/c1-4-26-17(24)15-10-21-18(25)22-16(15)11-27-19-20-7-8-23(19)14-6-5-12(2)13(3)9-14/h5-9H,4,10-11H2,1-3H3,(H2,21,22,25). The number of carbonyl (C=O) groups excluding carboxylic acids is 2. The second kappa shape index (κ2) is 8.30. The van der Waals surface area contributed by atoms with E-state index < -0.39 is 5.97 Å². The number of amides is 2. The minimum atomic E-state index is -0.418. The molecule has 142 valence electrons. The van der Waals surface area contributed by atoms with Crippen molar-refractivity contribution in [3.05, 3.63) is 53.0 Å². The zero-order chi connectivity index (χ0) is 19.4. The van der Waals surface area contributed by atoms with Gasteiger partial charge in [0, 0.05) is 29.5 Å². The van der Waals surface area contributed by atoms with Gasteiger partial charge in [-0.3, -0.25) is 4.57 Å². The third-order valence-electron chi connectivity index (χ3n) is 4.30. The number of thioether (sulfide) groups is 1. The highest BCUT2D eigenvalue weighted by Crippen LogP contribution is 2.24. The first kappa shape index (κ1) is 19.0. The van der Waals surface area contributed by atoms with Crippen LogP contribution in [-0.2, 0) is 9.53 Å². The highest BCUT2D eigenvalue weighted by atomic mass is 32.2. The van der Waals surface area contributed by atoms with E-state index in [-0.39, 0.29) is 19.2 Å². The van der Waals surface area contributed by atoms with E-state index in [1.807, 2.05) is 16.8 Å². The summed E-state index contributed by atoms with van der Waals surface area (Å²) in [5.74, 6) is -0.0122. The number of esters is 1. The molecule has 1 aromatic heterocycles. The highest BCUT2D eigenvalue weighted by molar-refractivity contribution is 7.99. The van der Waals surface area contributed by atoms with Crippen LogP contribution in [0.15, 0.2) is 47.0 Å². The lowest BCUT2D eigenvalue weighted by Gasteiger charge is -2.21. The molecule has 1 aliphatic rings. The molecular weight excluding hydrogens is 364 g/mol. The maximum absolute atomic E-state index is 12.1. The molecule has 1 aliphatic heterocycles. The number of hydrogen-bond donors (Lipinski definition) is 2. The van der Waals surface area contributed by atoms with Gasteiger partial charge in [-0.1, -0.05) is 17.8 Å². The normalized spacial score (nSPS) is 14.0. The molecule has 7 nitrogen and oxygen atoms in total. The number of nitrogens with zero attached hydrogens (tertiary/aromatic N) is 2. The molecule has 0 saturated heterocycles. The van der Waals surface area contributed by atoms with Crippen molar-refractivity contribution in [1.82, 2.24) is 20.2 Å². The molecule has 0 unspecified atom stereocenters. The monoisotopic (exact) mass is 386 g/mol. The quantitative estimate of drug-likeness (QED) is 0.589. The first-order chi connectivity index (χ1) is 13.0. The Bertz CT molecular complexity index is 904. The number of benzene rings is 1. The highest BCUT2D eigenvalue weighted by Gasteiger charge is 2.24. The van der Waals surface area contributed by atoms with Gasteiger partial charge < -0.3 is 15.4 Å². The lowest BCUT2D eigenvalue weighted by Crippen LogP contribution is -2.44. The van der Waals surface area contributed by atoms with E-state index in [0.29, 0.717) is 17.0 Å². The van der Waals surface area contributed by atoms with Crippen LogP contribution in [0.1, 0.15) is 18.1 Å². The van der Waals surface area contributed by atoms with Gasteiger partial charge in [0.05, 0.1) is 18.7 Å². The van der Waals surface area contributed by atoms with Crippen molar-refractivity contribution in [2.75, 3.05) is 18.9 Å². The van der Waals surface area contributed by atoms with Crippen LogP contribution in [0.4, 0.5) is 4.79 Å². The Morgan fingerprint density at radius 3 is 2.89 bits per heavy atom. The predicted octanol–water partition coefficient (Wildman–Crippen LogP) is 2.71. The molecule has 0 spiro atoms. The summed E-state index contributed by atoms with van der Waals surface area (Å²) in [6.07, 6.45) is 3.63. The maximum Gasteiger partial charge on any atom is 0.337 e. The molecule has 0 atom stereocenters. The Hall–Kier alpha value is -2.74. The molecule has 0 bridgehead atoms. The van der Waals surface area contributed by atoms with Crippen LogP contribution in [0.25, 0.3) is 5.69 Å². The largest absolute Gasteiger partial charge is 0.463 e. The van der Waals surface area contributed by atoms with Gasteiger partial charge in [0.15, 0.2) is 5.16 Å². The van der Waals surface area contributed by atoms with E-state index >= 15 is 0 Å².